The zero-order valence-electron chi connectivity index (χ0n) is 12.9. The molecule has 5 nitrogen and oxygen atoms in total. The summed E-state index contributed by atoms with van der Waals surface area (Å²) in [6.07, 6.45) is 2.83. The molecule has 0 saturated carbocycles. The smallest absolute Gasteiger partial charge is 0.273 e. The van der Waals surface area contributed by atoms with Crippen LogP contribution in [0.15, 0.2) is 36.0 Å². The number of phenolic OH excluding ortho intramolecular Hbond substituents is 1. The van der Waals surface area contributed by atoms with Crippen molar-refractivity contribution in [3.05, 3.63) is 41.6 Å². The number of carbonyl (C=O) groups excluding carboxylic acids is 1. The first-order valence-corrected chi connectivity index (χ1v) is 7.04. The standard InChI is InChI=1S/C16H23N3O2/c1-15(2)9-11(10-16(3,4)19-15)17-18-14(21)12-7-5-6-8-13(12)20/h5-9,17,19-20H,10H2,1-4H3,(H,18,21). The van der Waals surface area contributed by atoms with Crippen molar-refractivity contribution in [2.24, 2.45) is 0 Å². The van der Waals surface area contributed by atoms with Gasteiger partial charge in [-0.25, -0.2) is 0 Å². The Hall–Kier alpha value is -2.01. The van der Waals surface area contributed by atoms with Gasteiger partial charge in [-0.1, -0.05) is 12.1 Å². The zero-order valence-corrected chi connectivity index (χ0v) is 12.9. The van der Waals surface area contributed by atoms with Gasteiger partial charge in [-0.05, 0) is 45.9 Å². The highest BCUT2D eigenvalue weighted by Crippen LogP contribution is 2.25. The quantitative estimate of drug-likeness (QED) is 0.643. The highest BCUT2D eigenvalue weighted by Gasteiger charge is 2.32. The number of carbonyl (C=O) groups is 1. The Labute approximate surface area is 125 Å². The molecule has 1 aliphatic heterocycles. The summed E-state index contributed by atoms with van der Waals surface area (Å²) in [7, 11) is 0. The Morgan fingerprint density at radius 3 is 2.52 bits per heavy atom. The van der Waals surface area contributed by atoms with Crippen molar-refractivity contribution in [3.8, 4) is 5.75 Å². The van der Waals surface area contributed by atoms with Crippen LogP contribution in [0.5, 0.6) is 5.75 Å². The summed E-state index contributed by atoms with van der Waals surface area (Å²) >= 11 is 0. The third-order valence-electron chi connectivity index (χ3n) is 3.31. The Morgan fingerprint density at radius 2 is 1.90 bits per heavy atom. The van der Waals surface area contributed by atoms with Crippen molar-refractivity contribution in [2.45, 2.75) is 45.2 Å². The number of rotatable bonds is 3. The first-order valence-electron chi connectivity index (χ1n) is 7.04. The number of hydrogen-bond donors (Lipinski definition) is 4. The molecule has 0 radical (unpaired) electrons. The van der Waals surface area contributed by atoms with E-state index in [1.165, 1.54) is 6.07 Å². The number of hydrazine groups is 1. The van der Waals surface area contributed by atoms with Crippen LogP contribution in [0.2, 0.25) is 0 Å². The number of benzene rings is 1. The first kappa shape index (κ1) is 15.4. The molecule has 1 aliphatic rings. The second-order valence-corrected chi connectivity index (χ2v) is 6.67. The molecule has 0 aliphatic carbocycles. The lowest BCUT2D eigenvalue weighted by atomic mass is 9.86. The van der Waals surface area contributed by atoms with E-state index in [4.69, 9.17) is 0 Å². The van der Waals surface area contributed by atoms with Crippen LogP contribution in [-0.2, 0) is 0 Å². The molecule has 1 amide bonds. The van der Waals surface area contributed by atoms with E-state index >= 15 is 0 Å². The fourth-order valence-corrected chi connectivity index (χ4v) is 2.87. The minimum absolute atomic E-state index is 0.0308. The van der Waals surface area contributed by atoms with Crippen molar-refractivity contribution in [3.63, 3.8) is 0 Å². The van der Waals surface area contributed by atoms with Gasteiger partial charge in [0.1, 0.15) is 5.75 Å². The maximum absolute atomic E-state index is 12.1. The highest BCUT2D eigenvalue weighted by atomic mass is 16.3. The summed E-state index contributed by atoms with van der Waals surface area (Å²) in [4.78, 5) is 12.1. The number of phenols is 1. The van der Waals surface area contributed by atoms with Gasteiger partial charge in [-0.15, -0.1) is 0 Å². The van der Waals surface area contributed by atoms with Crippen LogP contribution in [0.4, 0.5) is 0 Å². The van der Waals surface area contributed by atoms with Crippen LogP contribution >= 0.6 is 0 Å². The molecule has 0 unspecified atom stereocenters. The second-order valence-electron chi connectivity index (χ2n) is 6.67. The molecule has 114 valence electrons. The van der Waals surface area contributed by atoms with Crippen molar-refractivity contribution in [1.29, 1.82) is 0 Å². The highest BCUT2D eigenvalue weighted by molar-refractivity contribution is 5.96. The van der Waals surface area contributed by atoms with Crippen LogP contribution in [0, 0.1) is 0 Å². The van der Waals surface area contributed by atoms with Gasteiger partial charge in [0.15, 0.2) is 0 Å². The number of para-hydroxylation sites is 1. The molecule has 0 fully saturated rings. The predicted molar refractivity (Wildman–Crippen MR) is 82.7 cm³/mol. The third kappa shape index (κ3) is 3.98. The van der Waals surface area contributed by atoms with Gasteiger partial charge in [0.25, 0.3) is 5.91 Å². The van der Waals surface area contributed by atoms with Gasteiger partial charge >= 0.3 is 0 Å². The van der Waals surface area contributed by atoms with E-state index < -0.39 is 0 Å². The average Bonchev–Trinajstić information content (AvgIpc) is 2.33. The molecular weight excluding hydrogens is 266 g/mol. The lowest BCUT2D eigenvalue weighted by molar-refractivity contribution is 0.0933. The molecule has 4 N–H and O–H groups in total. The third-order valence-corrected chi connectivity index (χ3v) is 3.31. The molecule has 0 atom stereocenters. The summed E-state index contributed by atoms with van der Waals surface area (Å²) in [5.74, 6) is -0.389. The molecule has 0 spiro atoms. The lowest BCUT2D eigenvalue weighted by Crippen LogP contribution is -2.56. The monoisotopic (exact) mass is 289 g/mol. The van der Waals surface area contributed by atoms with Gasteiger partial charge in [-0.2, -0.15) is 0 Å². The summed E-state index contributed by atoms with van der Waals surface area (Å²) in [5.41, 5.74) is 6.60. The molecular formula is C16H23N3O2. The SMILES string of the molecule is CC1(C)C=C(NNC(=O)c2ccccc2O)CC(C)(C)N1. The molecule has 1 aromatic carbocycles. The topological polar surface area (TPSA) is 73.4 Å². The van der Waals surface area contributed by atoms with Crippen LogP contribution in [0.3, 0.4) is 0 Å². The Balaban J connectivity index is 2.05. The normalized spacial score (nSPS) is 19.5. The fourth-order valence-electron chi connectivity index (χ4n) is 2.87. The van der Waals surface area contributed by atoms with E-state index in [0.717, 1.165) is 12.1 Å². The minimum Gasteiger partial charge on any atom is -0.507 e. The molecule has 1 heterocycles. The van der Waals surface area contributed by atoms with Gasteiger partial charge in [0, 0.05) is 23.2 Å². The fraction of sp³-hybridized carbons (Fsp3) is 0.438. The zero-order chi connectivity index (χ0) is 15.7. The minimum atomic E-state index is -0.358. The molecule has 2 rings (SSSR count). The van der Waals surface area contributed by atoms with E-state index in [9.17, 15) is 9.90 Å². The van der Waals surface area contributed by atoms with Crippen molar-refractivity contribution >= 4 is 5.91 Å². The molecule has 0 bridgehead atoms. The van der Waals surface area contributed by atoms with E-state index in [0.29, 0.717) is 0 Å². The molecule has 21 heavy (non-hydrogen) atoms. The summed E-state index contributed by atoms with van der Waals surface area (Å²) < 4.78 is 0. The number of aromatic hydroxyl groups is 1. The summed E-state index contributed by atoms with van der Waals surface area (Å²) in [5, 5.41) is 13.2. The van der Waals surface area contributed by atoms with Gasteiger partial charge in [-0.3, -0.25) is 10.2 Å². The number of hydrogen-bond acceptors (Lipinski definition) is 4. The Kier molecular flexibility index (Phi) is 3.96. The summed E-state index contributed by atoms with van der Waals surface area (Å²) in [6.45, 7) is 8.41. The Morgan fingerprint density at radius 1 is 1.24 bits per heavy atom. The van der Waals surface area contributed by atoms with Crippen molar-refractivity contribution < 1.29 is 9.90 Å². The largest absolute Gasteiger partial charge is 0.507 e. The van der Waals surface area contributed by atoms with E-state index in [1.807, 2.05) is 0 Å². The Bertz CT molecular complexity index is 577. The maximum Gasteiger partial charge on any atom is 0.273 e. The van der Waals surface area contributed by atoms with Gasteiger partial charge in [0.2, 0.25) is 0 Å². The van der Waals surface area contributed by atoms with Crippen LogP contribution in [-0.4, -0.2) is 22.1 Å². The number of nitrogens with one attached hydrogen (secondary N) is 3. The van der Waals surface area contributed by atoms with Gasteiger partial charge in [0.05, 0.1) is 5.56 Å². The van der Waals surface area contributed by atoms with Crippen LogP contribution in [0.1, 0.15) is 44.5 Å². The second kappa shape index (κ2) is 5.41. The number of amides is 1. The molecule has 5 heteroatoms. The van der Waals surface area contributed by atoms with Crippen LogP contribution in [0.25, 0.3) is 0 Å². The predicted octanol–water partition coefficient (Wildman–Crippen LogP) is 2.06. The molecule has 0 saturated heterocycles. The van der Waals surface area contributed by atoms with E-state index in [2.05, 4.69) is 49.9 Å². The average molecular weight is 289 g/mol. The maximum atomic E-state index is 12.1. The van der Waals surface area contributed by atoms with Crippen molar-refractivity contribution in [1.82, 2.24) is 16.2 Å². The van der Waals surface area contributed by atoms with Crippen LogP contribution < -0.4 is 16.2 Å². The van der Waals surface area contributed by atoms with E-state index in [-0.39, 0.29) is 28.3 Å². The molecule has 1 aromatic rings. The molecule has 0 aromatic heterocycles. The van der Waals surface area contributed by atoms with Gasteiger partial charge < -0.3 is 15.8 Å². The first-order chi connectivity index (χ1) is 9.69. The van der Waals surface area contributed by atoms with E-state index in [1.54, 1.807) is 18.2 Å². The lowest BCUT2D eigenvalue weighted by Gasteiger charge is -2.41. The summed E-state index contributed by atoms with van der Waals surface area (Å²) in [6, 6.07) is 6.46. The van der Waals surface area contributed by atoms with Crippen molar-refractivity contribution in [2.75, 3.05) is 0 Å².